The number of nitrogens with zero attached hydrogens (tertiary/aromatic N) is 4. The van der Waals surface area contributed by atoms with Gasteiger partial charge < -0.3 is 4.90 Å². The Balaban J connectivity index is 1.55. The molecule has 4 rings (SSSR count). The molecule has 3 heterocycles. The second-order valence-corrected chi connectivity index (χ2v) is 12.0. The average molecular weight is 457 g/mol. The van der Waals surface area contributed by atoms with Gasteiger partial charge in [-0.05, 0) is 30.3 Å². The first-order chi connectivity index (χ1) is 13.8. The van der Waals surface area contributed by atoms with E-state index in [1.165, 1.54) is 24.3 Å². The number of halogens is 1. The van der Waals surface area contributed by atoms with Gasteiger partial charge in [0.15, 0.2) is 19.7 Å². The number of sulfone groups is 2. The van der Waals surface area contributed by atoms with Crippen molar-refractivity contribution in [2.45, 2.75) is 16.2 Å². The smallest absolute Gasteiger partial charge is 0.225 e. The topological polar surface area (TPSA) is 101 Å². The molecular formula is C18H21ClN4O4S2. The Bertz CT molecular complexity index is 1070. The SMILES string of the molecule is O=S1(=O)CC(N2CCN(c3ncccn3)CC2)C(S(=O)(=O)c2ccc(Cl)cc2)C1. The number of anilines is 1. The van der Waals surface area contributed by atoms with E-state index >= 15 is 0 Å². The van der Waals surface area contributed by atoms with Crippen molar-refractivity contribution in [3.63, 3.8) is 0 Å². The molecular weight excluding hydrogens is 436 g/mol. The summed E-state index contributed by atoms with van der Waals surface area (Å²) in [6.45, 7) is 2.30. The lowest BCUT2D eigenvalue weighted by atomic mass is 10.2. The van der Waals surface area contributed by atoms with Crippen molar-refractivity contribution in [1.29, 1.82) is 0 Å². The zero-order chi connectivity index (χ0) is 20.6. The van der Waals surface area contributed by atoms with Crippen molar-refractivity contribution in [2.24, 2.45) is 0 Å². The molecule has 2 saturated heterocycles. The molecule has 156 valence electrons. The highest BCUT2D eigenvalue weighted by atomic mass is 35.5. The Morgan fingerprint density at radius 3 is 2.21 bits per heavy atom. The van der Waals surface area contributed by atoms with E-state index in [9.17, 15) is 16.8 Å². The molecule has 0 bridgehead atoms. The summed E-state index contributed by atoms with van der Waals surface area (Å²) < 4.78 is 51.2. The molecule has 0 saturated carbocycles. The van der Waals surface area contributed by atoms with E-state index in [0.717, 1.165) is 0 Å². The third-order valence-electron chi connectivity index (χ3n) is 5.43. The fourth-order valence-electron chi connectivity index (χ4n) is 3.94. The number of hydrogen-bond acceptors (Lipinski definition) is 8. The standard InChI is InChI=1S/C18H21ClN4O4S2/c19-14-2-4-15(5-3-14)29(26,27)17-13-28(24,25)12-16(17)22-8-10-23(11-9-22)18-20-6-1-7-21-18/h1-7,16-17H,8-13H2. The van der Waals surface area contributed by atoms with Gasteiger partial charge in [-0.25, -0.2) is 26.8 Å². The molecule has 2 aliphatic rings. The number of piperazine rings is 1. The molecule has 1 aromatic carbocycles. The maximum absolute atomic E-state index is 13.2. The van der Waals surface area contributed by atoms with Crippen LogP contribution in [0.2, 0.25) is 5.02 Å². The largest absolute Gasteiger partial charge is 0.338 e. The maximum Gasteiger partial charge on any atom is 0.225 e. The number of benzene rings is 1. The van der Waals surface area contributed by atoms with Crippen LogP contribution in [0.4, 0.5) is 5.95 Å². The fourth-order valence-corrected chi connectivity index (χ4v) is 8.90. The van der Waals surface area contributed by atoms with E-state index in [-0.39, 0.29) is 16.4 Å². The van der Waals surface area contributed by atoms with Gasteiger partial charge in [-0.15, -0.1) is 0 Å². The van der Waals surface area contributed by atoms with E-state index in [4.69, 9.17) is 11.6 Å². The summed E-state index contributed by atoms with van der Waals surface area (Å²) in [7, 11) is -7.25. The van der Waals surface area contributed by atoms with Crippen molar-refractivity contribution in [3.05, 3.63) is 47.7 Å². The predicted molar refractivity (Wildman–Crippen MR) is 111 cm³/mol. The zero-order valence-electron chi connectivity index (χ0n) is 15.6. The molecule has 2 atom stereocenters. The van der Waals surface area contributed by atoms with Crippen LogP contribution in [0.25, 0.3) is 0 Å². The fraction of sp³-hybridized carbons (Fsp3) is 0.444. The van der Waals surface area contributed by atoms with Crippen LogP contribution >= 0.6 is 11.6 Å². The Kier molecular flexibility index (Phi) is 5.54. The first-order valence-corrected chi connectivity index (χ1v) is 13.0. The number of hydrogen-bond donors (Lipinski definition) is 0. The number of rotatable bonds is 4. The first-order valence-electron chi connectivity index (χ1n) is 9.22. The van der Waals surface area contributed by atoms with Crippen LogP contribution in [-0.4, -0.2) is 80.7 Å². The van der Waals surface area contributed by atoms with Gasteiger partial charge in [0.2, 0.25) is 5.95 Å². The summed E-state index contributed by atoms with van der Waals surface area (Å²) in [6.07, 6.45) is 3.35. The Labute approximate surface area is 175 Å². The quantitative estimate of drug-likeness (QED) is 0.668. The van der Waals surface area contributed by atoms with Crippen LogP contribution in [0.5, 0.6) is 0 Å². The molecule has 8 nitrogen and oxygen atoms in total. The van der Waals surface area contributed by atoms with Crippen molar-refractivity contribution in [3.8, 4) is 0 Å². The van der Waals surface area contributed by atoms with Crippen molar-refractivity contribution in [1.82, 2.24) is 14.9 Å². The third-order valence-corrected chi connectivity index (χ3v) is 9.82. The molecule has 1 aromatic heterocycles. The molecule has 11 heteroatoms. The van der Waals surface area contributed by atoms with Gasteiger partial charge in [0.25, 0.3) is 0 Å². The average Bonchev–Trinajstić information content (AvgIpc) is 3.05. The van der Waals surface area contributed by atoms with E-state index in [0.29, 0.717) is 37.1 Å². The van der Waals surface area contributed by atoms with E-state index < -0.39 is 31.0 Å². The van der Waals surface area contributed by atoms with Crippen LogP contribution in [0.15, 0.2) is 47.6 Å². The second kappa shape index (κ2) is 7.82. The maximum atomic E-state index is 13.2. The molecule has 2 unspecified atom stereocenters. The van der Waals surface area contributed by atoms with Crippen LogP contribution in [0.1, 0.15) is 0 Å². The van der Waals surface area contributed by atoms with Crippen LogP contribution in [0, 0.1) is 0 Å². The Hall–Kier alpha value is -1.75. The predicted octanol–water partition coefficient (Wildman–Crippen LogP) is 0.891. The summed E-state index contributed by atoms with van der Waals surface area (Å²) >= 11 is 5.87. The number of aromatic nitrogens is 2. The first kappa shape index (κ1) is 20.5. The summed E-state index contributed by atoms with van der Waals surface area (Å²) in [4.78, 5) is 12.6. The highest BCUT2D eigenvalue weighted by Gasteiger charge is 2.48. The minimum atomic E-state index is -3.81. The van der Waals surface area contributed by atoms with Crippen molar-refractivity contribution < 1.29 is 16.8 Å². The molecule has 2 aliphatic heterocycles. The van der Waals surface area contributed by atoms with Crippen molar-refractivity contribution >= 4 is 37.2 Å². The van der Waals surface area contributed by atoms with E-state index in [1.807, 2.05) is 9.80 Å². The molecule has 0 radical (unpaired) electrons. The highest BCUT2D eigenvalue weighted by Crippen LogP contribution is 2.30. The monoisotopic (exact) mass is 456 g/mol. The lowest BCUT2D eigenvalue weighted by molar-refractivity contribution is 0.201. The molecule has 2 aromatic rings. The molecule has 0 amide bonds. The third kappa shape index (κ3) is 4.25. The Morgan fingerprint density at radius 1 is 0.966 bits per heavy atom. The van der Waals surface area contributed by atoms with Crippen LogP contribution < -0.4 is 4.90 Å². The van der Waals surface area contributed by atoms with Gasteiger partial charge in [-0.1, -0.05) is 11.6 Å². The van der Waals surface area contributed by atoms with E-state index in [1.54, 1.807) is 18.5 Å². The van der Waals surface area contributed by atoms with Crippen molar-refractivity contribution in [2.75, 3.05) is 42.6 Å². The van der Waals surface area contributed by atoms with Gasteiger partial charge in [-0.2, -0.15) is 0 Å². The molecule has 0 N–H and O–H groups in total. The summed E-state index contributed by atoms with van der Waals surface area (Å²) in [6, 6.07) is 7.06. The van der Waals surface area contributed by atoms with Gasteiger partial charge in [-0.3, -0.25) is 4.90 Å². The normalized spacial score (nSPS) is 25.2. The minimum absolute atomic E-state index is 0.102. The van der Waals surface area contributed by atoms with Gasteiger partial charge in [0.05, 0.1) is 21.7 Å². The van der Waals surface area contributed by atoms with Gasteiger partial charge >= 0.3 is 0 Å². The van der Waals surface area contributed by atoms with Gasteiger partial charge in [0, 0.05) is 49.6 Å². The zero-order valence-corrected chi connectivity index (χ0v) is 17.9. The van der Waals surface area contributed by atoms with E-state index in [2.05, 4.69) is 9.97 Å². The summed E-state index contributed by atoms with van der Waals surface area (Å²) in [5.41, 5.74) is 0. The molecule has 0 spiro atoms. The van der Waals surface area contributed by atoms with Gasteiger partial charge in [0.1, 0.15) is 0 Å². The minimum Gasteiger partial charge on any atom is -0.338 e. The second-order valence-electron chi connectivity index (χ2n) is 7.25. The molecule has 2 fully saturated rings. The van der Waals surface area contributed by atoms with Crippen LogP contribution in [0.3, 0.4) is 0 Å². The molecule has 29 heavy (non-hydrogen) atoms. The summed E-state index contributed by atoms with van der Waals surface area (Å²) in [5, 5.41) is -0.563. The molecule has 0 aliphatic carbocycles. The highest BCUT2D eigenvalue weighted by molar-refractivity contribution is 7.96. The summed E-state index contributed by atoms with van der Waals surface area (Å²) in [5.74, 6) is 0.119. The Morgan fingerprint density at radius 2 is 1.59 bits per heavy atom. The lowest BCUT2D eigenvalue weighted by Gasteiger charge is -2.39. The van der Waals surface area contributed by atoms with Crippen LogP contribution in [-0.2, 0) is 19.7 Å². The lowest BCUT2D eigenvalue weighted by Crippen LogP contribution is -2.55.